The second-order valence-electron chi connectivity index (χ2n) is 4.59. The molecule has 1 aliphatic carbocycles. The fourth-order valence-electron chi connectivity index (χ4n) is 1.85. The van der Waals surface area contributed by atoms with Crippen LogP contribution in [0.3, 0.4) is 0 Å². The molecule has 0 spiro atoms. The number of benzene rings is 1. The highest BCUT2D eigenvalue weighted by Gasteiger charge is 2.40. The fraction of sp³-hybridized carbons (Fsp3) is 0.462. The standard InChI is InChI=1S/C13H17NOS/c1-2-13(6-7-13)9-14-12(15)10-4-3-5-11(16)8-10/h3-5,8,16H,2,6-7,9H2,1H3,(H,14,15). The van der Waals surface area contributed by atoms with Crippen molar-refractivity contribution in [2.24, 2.45) is 5.41 Å². The molecule has 0 saturated heterocycles. The zero-order valence-corrected chi connectivity index (χ0v) is 10.4. The maximum atomic E-state index is 11.8. The van der Waals surface area contributed by atoms with Gasteiger partial charge in [0, 0.05) is 17.0 Å². The molecule has 1 fully saturated rings. The van der Waals surface area contributed by atoms with Gasteiger partial charge in [0.1, 0.15) is 0 Å². The predicted octanol–water partition coefficient (Wildman–Crippen LogP) is 2.90. The van der Waals surface area contributed by atoms with Gasteiger partial charge in [-0.15, -0.1) is 12.6 Å². The van der Waals surface area contributed by atoms with Crippen LogP contribution in [-0.4, -0.2) is 12.5 Å². The lowest BCUT2D eigenvalue weighted by Crippen LogP contribution is -2.29. The Kier molecular flexibility index (Phi) is 3.24. The molecule has 1 aliphatic rings. The van der Waals surface area contributed by atoms with E-state index < -0.39 is 0 Å². The van der Waals surface area contributed by atoms with Gasteiger partial charge >= 0.3 is 0 Å². The summed E-state index contributed by atoms with van der Waals surface area (Å²) in [6, 6.07) is 7.34. The van der Waals surface area contributed by atoms with E-state index in [0.717, 1.165) is 17.9 Å². The minimum absolute atomic E-state index is 0.00984. The molecule has 0 bridgehead atoms. The Hall–Kier alpha value is -0.960. The van der Waals surface area contributed by atoms with Crippen LogP contribution in [0.2, 0.25) is 0 Å². The number of hydrogen-bond donors (Lipinski definition) is 2. The molecule has 16 heavy (non-hydrogen) atoms. The Morgan fingerprint density at radius 3 is 2.81 bits per heavy atom. The number of thiol groups is 1. The molecule has 1 N–H and O–H groups in total. The summed E-state index contributed by atoms with van der Waals surface area (Å²) in [6.07, 6.45) is 3.65. The molecule has 0 unspecified atom stereocenters. The van der Waals surface area contributed by atoms with Crippen LogP contribution in [-0.2, 0) is 0 Å². The van der Waals surface area contributed by atoms with E-state index in [9.17, 15) is 4.79 Å². The summed E-state index contributed by atoms with van der Waals surface area (Å²) in [5.74, 6) is 0.00984. The van der Waals surface area contributed by atoms with Gasteiger partial charge in [-0.1, -0.05) is 13.0 Å². The van der Waals surface area contributed by atoms with E-state index in [1.165, 1.54) is 12.8 Å². The van der Waals surface area contributed by atoms with Gasteiger partial charge in [0.15, 0.2) is 0 Å². The number of carbonyl (C=O) groups excluding carboxylic acids is 1. The number of amides is 1. The smallest absolute Gasteiger partial charge is 0.251 e. The first kappa shape index (κ1) is 11.5. The van der Waals surface area contributed by atoms with Crippen LogP contribution in [0.5, 0.6) is 0 Å². The monoisotopic (exact) mass is 235 g/mol. The van der Waals surface area contributed by atoms with Gasteiger partial charge < -0.3 is 5.32 Å². The largest absolute Gasteiger partial charge is 0.351 e. The molecular formula is C13H17NOS. The van der Waals surface area contributed by atoms with Crippen LogP contribution in [0.25, 0.3) is 0 Å². The predicted molar refractivity (Wildman–Crippen MR) is 68.0 cm³/mol. The summed E-state index contributed by atoms with van der Waals surface area (Å²) >= 11 is 4.22. The number of hydrogen-bond acceptors (Lipinski definition) is 2. The van der Waals surface area contributed by atoms with Crippen molar-refractivity contribution in [3.8, 4) is 0 Å². The molecular weight excluding hydrogens is 218 g/mol. The minimum atomic E-state index is 0.00984. The molecule has 0 aliphatic heterocycles. The third-order valence-electron chi connectivity index (χ3n) is 3.44. The summed E-state index contributed by atoms with van der Waals surface area (Å²) in [5.41, 5.74) is 1.09. The first-order chi connectivity index (χ1) is 7.65. The van der Waals surface area contributed by atoms with E-state index in [4.69, 9.17) is 0 Å². The molecule has 3 heteroatoms. The minimum Gasteiger partial charge on any atom is -0.351 e. The number of carbonyl (C=O) groups is 1. The topological polar surface area (TPSA) is 29.1 Å². The maximum absolute atomic E-state index is 11.8. The molecule has 0 heterocycles. The van der Waals surface area contributed by atoms with Crippen molar-refractivity contribution in [2.75, 3.05) is 6.54 Å². The van der Waals surface area contributed by atoms with Crippen molar-refractivity contribution < 1.29 is 4.79 Å². The Bertz CT molecular complexity index is 399. The molecule has 0 aromatic heterocycles. The van der Waals surface area contributed by atoms with Crippen LogP contribution < -0.4 is 5.32 Å². The molecule has 1 aromatic carbocycles. The first-order valence-electron chi connectivity index (χ1n) is 5.72. The SMILES string of the molecule is CCC1(CNC(=O)c2cccc(S)c2)CC1. The van der Waals surface area contributed by atoms with E-state index in [1.54, 1.807) is 6.07 Å². The lowest BCUT2D eigenvalue weighted by atomic mass is 10.0. The second-order valence-corrected chi connectivity index (χ2v) is 5.10. The summed E-state index contributed by atoms with van der Waals surface area (Å²) in [7, 11) is 0. The van der Waals surface area contributed by atoms with E-state index >= 15 is 0 Å². The van der Waals surface area contributed by atoms with E-state index in [0.29, 0.717) is 11.0 Å². The lowest BCUT2D eigenvalue weighted by molar-refractivity contribution is 0.0944. The Morgan fingerprint density at radius 2 is 2.25 bits per heavy atom. The molecule has 1 amide bonds. The van der Waals surface area contributed by atoms with Crippen LogP contribution in [0.1, 0.15) is 36.5 Å². The van der Waals surface area contributed by atoms with Gasteiger partial charge in [-0.3, -0.25) is 4.79 Å². The normalized spacial score (nSPS) is 16.9. The van der Waals surface area contributed by atoms with Crippen molar-refractivity contribution >= 4 is 18.5 Å². The van der Waals surface area contributed by atoms with Gasteiger partial charge in [-0.05, 0) is 42.9 Å². The molecule has 2 nitrogen and oxygen atoms in total. The zero-order chi connectivity index (χ0) is 11.6. The lowest BCUT2D eigenvalue weighted by Gasteiger charge is -2.13. The summed E-state index contributed by atoms with van der Waals surface area (Å²) in [6.45, 7) is 2.99. The Morgan fingerprint density at radius 1 is 1.50 bits per heavy atom. The highest BCUT2D eigenvalue weighted by atomic mass is 32.1. The van der Waals surface area contributed by atoms with Crippen molar-refractivity contribution in [1.29, 1.82) is 0 Å². The van der Waals surface area contributed by atoms with Crippen molar-refractivity contribution in [2.45, 2.75) is 31.1 Å². The van der Waals surface area contributed by atoms with E-state index in [2.05, 4.69) is 24.9 Å². The van der Waals surface area contributed by atoms with E-state index in [1.807, 2.05) is 18.2 Å². The van der Waals surface area contributed by atoms with Gasteiger partial charge in [0.05, 0.1) is 0 Å². The van der Waals surface area contributed by atoms with Crippen molar-refractivity contribution in [1.82, 2.24) is 5.32 Å². The number of nitrogens with one attached hydrogen (secondary N) is 1. The highest BCUT2D eigenvalue weighted by Crippen LogP contribution is 2.47. The Balaban J connectivity index is 1.93. The third kappa shape index (κ3) is 2.59. The quantitative estimate of drug-likeness (QED) is 0.772. The molecule has 0 radical (unpaired) electrons. The van der Waals surface area contributed by atoms with Crippen LogP contribution >= 0.6 is 12.6 Å². The van der Waals surface area contributed by atoms with Crippen molar-refractivity contribution in [3.05, 3.63) is 29.8 Å². The average Bonchev–Trinajstić information content (AvgIpc) is 3.07. The second kappa shape index (κ2) is 4.50. The van der Waals surface area contributed by atoms with Crippen LogP contribution in [0.4, 0.5) is 0 Å². The van der Waals surface area contributed by atoms with Crippen molar-refractivity contribution in [3.63, 3.8) is 0 Å². The molecule has 2 rings (SSSR count). The molecule has 1 aromatic rings. The van der Waals surface area contributed by atoms with E-state index in [-0.39, 0.29) is 5.91 Å². The molecule has 0 atom stereocenters. The summed E-state index contributed by atoms with van der Waals surface area (Å²) in [5, 5.41) is 3.01. The van der Waals surface area contributed by atoms with Gasteiger partial charge in [0.2, 0.25) is 0 Å². The van der Waals surface area contributed by atoms with Gasteiger partial charge in [0.25, 0.3) is 5.91 Å². The first-order valence-corrected chi connectivity index (χ1v) is 6.17. The van der Waals surface area contributed by atoms with Gasteiger partial charge in [-0.2, -0.15) is 0 Å². The van der Waals surface area contributed by atoms with Gasteiger partial charge in [-0.25, -0.2) is 0 Å². The van der Waals surface area contributed by atoms with Crippen LogP contribution in [0.15, 0.2) is 29.2 Å². The fourth-order valence-corrected chi connectivity index (χ4v) is 2.07. The zero-order valence-electron chi connectivity index (χ0n) is 9.49. The molecule has 1 saturated carbocycles. The maximum Gasteiger partial charge on any atom is 0.251 e. The Labute approximate surface area is 102 Å². The van der Waals surface area contributed by atoms with Crippen LogP contribution in [0, 0.1) is 5.41 Å². The summed E-state index contributed by atoms with van der Waals surface area (Å²) < 4.78 is 0. The molecule has 86 valence electrons. The highest BCUT2D eigenvalue weighted by molar-refractivity contribution is 7.80. The summed E-state index contributed by atoms with van der Waals surface area (Å²) in [4.78, 5) is 12.7. The third-order valence-corrected chi connectivity index (χ3v) is 3.72. The average molecular weight is 235 g/mol. The number of rotatable bonds is 4.